The Morgan fingerprint density at radius 1 is 1.27 bits per heavy atom. The van der Waals surface area contributed by atoms with E-state index in [1.165, 1.54) is 0 Å². The lowest BCUT2D eigenvalue weighted by Gasteiger charge is -2.03. The summed E-state index contributed by atoms with van der Waals surface area (Å²) in [5, 5.41) is 18.0. The highest BCUT2D eigenvalue weighted by molar-refractivity contribution is 7.91. The van der Waals surface area contributed by atoms with Crippen molar-refractivity contribution in [3.8, 4) is 11.5 Å². The molecule has 0 aliphatic heterocycles. The second kappa shape index (κ2) is 5.17. The van der Waals surface area contributed by atoms with Gasteiger partial charge in [0.1, 0.15) is 0 Å². The van der Waals surface area contributed by atoms with Crippen LogP contribution in [0, 0.1) is 0 Å². The lowest BCUT2D eigenvalue weighted by molar-refractivity contribution is 0.183. The average Bonchev–Trinajstić information content (AvgIpc) is 2.09. The summed E-state index contributed by atoms with van der Waals surface area (Å²) in [4.78, 5) is 3.83. The normalized spacial score (nSPS) is 10.7. The predicted molar refractivity (Wildman–Crippen MR) is 54.3 cm³/mol. The molecule has 0 atom stereocenters. The molecule has 0 bridgehead atoms. The number of rotatable bonds is 3. The second-order valence-electron chi connectivity index (χ2n) is 2.55. The molecular formula is C7H10ClNO5S. The summed E-state index contributed by atoms with van der Waals surface area (Å²) in [5.74, 6) is 3.04. The smallest absolute Gasteiger partial charge is 0.204 e. The lowest BCUT2D eigenvalue weighted by atomic mass is 10.3. The van der Waals surface area contributed by atoms with E-state index in [1.54, 1.807) is 0 Å². The molecule has 0 radical (unpaired) electrons. The highest BCUT2D eigenvalue weighted by Crippen LogP contribution is 2.27. The highest BCUT2D eigenvalue weighted by Gasteiger charge is 2.15. The molecule has 86 valence electrons. The van der Waals surface area contributed by atoms with Crippen LogP contribution in [-0.2, 0) is 14.7 Å². The minimum Gasteiger partial charge on any atom is -0.504 e. The third kappa shape index (κ3) is 3.24. The molecule has 8 heteroatoms. The first-order chi connectivity index (χ1) is 6.47. The van der Waals surface area contributed by atoms with E-state index < -0.39 is 27.3 Å². The van der Waals surface area contributed by atoms with E-state index >= 15 is 0 Å². The van der Waals surface area contributed by atoms with Crippen molar-refractivity contribution in [2.45, 2.75) is 4.90 Å². The van der Waals surface area contributed by atoms with Crippen LogP contribution in [0.5, 0.6) is 11.5 Å². The minimum atomic E-state index is -3.67. The van der Waals surface area contributed by atoms with Gasteiger partial charge in [-0.05, 0) is 12.1 Å². The van der Waals surface area contributed by atoms with E-state index in [0.29, 0.717) is 0 Å². The van der Waals surface area contributed by atoms with Gasteiger partial charge in [-0.25, -0.2) is 14.3 Å². The van der Waals surface area contributed by atoms with Gasteiger partial charge in [0.25, 0.3) is 0 Å². The van der Waals surface area contributed by atoms with Gasteiger partial charge >= 0.3 is 0 Å². The fraction of sp³-hybridized carbons (Fsp3) is 0.143. The number of phenols is 2. The van der Waals surface area contributed by atoms with Crippen LogP contribution in [0.25, 0.3) is 0 Å². The van der Waals surface area contributed by atoms with Crippen molar-refractivity contribution in [3.63, 3.8) is 0 Å². The summed E-state index contributed by atoms with van der Waals surface area (Å²) in [6.45, 7) is 0. The van der Waals surface area contributed by atoms with Gasteiger partial charge in [0.15, 0.2) is 17.4 Å². The molecule has 0 fully saturated rings. The van der Waals surface area contributed by atoms with Gasteiger partial charge in [-0.2, -0.15) is 0 Å². The Bertz CT molecular complexity index is 433. The first-order valence-electron chi connectivity index (χ1n) is 3.54. The van der Waals surface area contributed by atoms with E-state index in [0.717, 1.165) is 18.2 Å². The van der Waals surface area contributed by atoms with Crippen molar-refractivity contribution in [3.05, 3.63) is 18.2 Å². The molecule has 4 N–H and O–H groups in total. The predicted octanol–water partition coefficient (Wildman–Crippen LogP) is 0.141. The van der Waals surface area contributed by atoms with E-state index in [9.17, 15) is 8.42 Å². The van der Waals surface area contributed by atoms with Crippen molar-refractivity contribution >= 4 is 22.2 Å². The number of hydrogen-bond donors (Lipinski definition) is 3. The number of benzene rings is 1. The van der Waals surface area contributed by atoms with Gasteiger partial charge in [-0.1, -0.05) is 0 Å². The molecule has 0 aliphatic carbocycles. The largest absolute Gasteiger partial charge is 0.504 e. The number of phenolic OH excluding ortho intramolecular Hbond substituents is 2. The van der Waals surface area contributed by atoms with Gasteiger partial charge in [-0.15, -0.1) is 12.4 Å². The third-order valence-electron chi connectivity index (χ3n) is 1.53. The van der Waals surface area contributed by atoms with E-state index in [2.05, 4.69) is 10.7 Å². The number of hydrogen-bond acceptors (Lipinski definition) is 6. The molecule has 1 rings (SSSR count). The van der Waals surface area contributed by atoms with E-state index in [1.807, 2.05) is 0 Å². The molecule has 0 aliphatic rings. The summed E-state index contributed by atoms with van der Waals surface area (Å²) in [6, 6.07) is 3.13. The molecule has 0 amide bonds. The standard InChI is InChI=1S/C7H9NO5S.ClH/c8-13-4-14(11,12)5-1-2-6(9)7(10)3-5;/h1-3,9-10H,4,8H2;1H. The molecule has 1 aromatic carbocycles. The van der Waals surface area contributed by atoms with Crippen molar-refractivity contribution in [2.24, 2.45) is 5.90 Å². The van der Waals surface area contributed by atoms with Crippen LogP contribution in [0.15, 0.2) is 23.1 Å². The van der Waals surface area contributed by atoms with Crippen LogP contribution < -0.4 is 5.90 Å². The summed E-state index contributed by atoms with van der Waals surface area (Å²) in [5.41, 5.74) is 0. The second-order valence-corrected chi connectivity index (χ2v) is 4.49. The number of nitrogens with two attached hydrogens (primary N) is 1. The average molecular weight is 256 g/mol. The minimum absolute atomic E-state index is 0. The summed E-state index contributed by atoms with van der Waals surface area (Å²) >= 11 is 0. The number of sulfone groups is 1. The molecule has 0 aromatic heterocycles. The molecule has 0 unspecified atom stereocenters. The van der Waals surface area contributed by atoms with Crippen molar-refractivity contribution < 1.29 is 23.5 Å². The maximum atomic E-state index is 11.3. The molecule has 15 heavy (non-hydrogen) atoms. The lowest BCUT2D eigenvalue weighted by Crippen LogP contribution is -2.13. The van der Waals surface area contributed by atoms with Gasteiger partial charge in [0, 0.05) is 6.07 Å². The van der Waals surface area contributed by atoms with Crippen molar-refractivity contribution in [2.75, 3.05) is 5.94 Å². The van der Waals surface area contributed by atoms with Crippen LogP contribution in [0.1, 0.15) is 0 Å². The highest BCUT2D eigenvalue weighted by atomic mass is 35.5. The van der Waals surface area contributed by atoms with Gasteiger partial charge in [-0.3, -0.25) is 4.84 Å². The Labute approximate surface area is 92.6 Å². The molecule has 0 spiro atoms. The zero-order chi connectivity index (χ0) is 10.8. The Hall–Kier alpha value is -1.02. The van der Waals surface area contributed by atoms with E-state index in [-0.39, 0.29) is 17.3 Å². The molecule has 0 saturated heterocycles. The summed E-state index contributed by atoms with van der Waals surface area (Å²) in [6.07, 6.45) is 0. The van der Waals surface area contributed by atoms with Crippen LogP contribution >= 0.6 is 12.4 Å². The van der Waals surface area contributed by atoms with Gasteiger partial charge in [0.05, 0.1) is 4.90 Å². The van der Waals surface area contributed by atoms with Gasteiger partial charge < -0.3 is 10.2 Å². The zero-order valence-corrected chi connectivity index (χ0v) is 9.09. The van der Waals surface area contributed by atoms with Crippen molar-refractivity contribution in [1.82, 2.24) is 0 Å². The molecule has 0 heterocycles. The van der Waals surface area contributed by atoms with Crippen LogP contribution in [0.4, 0.5) is 0 Å². The van der Waals surface area contributed by atoms with Crippen LogP contribution in [-0.4, -0.2) is 24.6 Å². The maximum Gasteiger partial charge on any atom is 0.204 e. The number of aromatic hydroxyl groups is 2. The van der Waals surface area contributed by atoms with Crippen LogP contribution in [0.2, 0.25) is 0 Å². The first kappa shape index (κ1) is 14.0. The fourth-order valence-corrected chi connectivity index (χ4v) is 1.74. The van der Waals surface area contributed by atoms with Crippen molar-refractivity contribution in [1.29, 1.82) is 0 Å². The summed E-state index contributed by atoms with van der Waals surface area (Å²) < 4.78 is 22.6. The monoisotopic (exact) mass is 255 g/mol. The Balaban J connectivity index is 0.00000196. The summed E-state index contributed by atoms with van der Waals surface area (Å²) in [7, 11) is -3.67. The molecule has 1 aromatic rings. The number of halogens is 1. The molecule has 6 nitrogen and oxygen atoms in total. The van der Waals surface area contributed by atoms with E-state index in [4.69, 9.17) is 10.2 Å². The van der Waals surface area contributed by atoms with Gasteiger partial charge in [0.2, 0.25) is 9.84 Å². The fourth-order valence-electron chi connectivity index (χ4n) is 0.854. The zero-order valence-electron chi connectivity index (χ0n) is 7.45. The molecular weight excluding hydrogens is 246 g/mol. The quantitative estimate of drug-likeness (QED) is 0.524. The first-order valence-corrected chi connectivity index (χ1v) is 5.19. The van der Waals surface area contributed by atoms with Crippen LogP contribution in [0.3, 0.4) is 0 Å². The third-order valence-corrected chi connectivity index (χ3v) is 2.95. The SMILES string of the molecule is Cl.NOCS(=O)(=O)c1ccc(O)c(O)c1. The topological polar surface area (TPSA) is 110 Å². The Kier molecular flexibility index (Phi) is 4.82. The maximum absolute atomic E-state index is 11.3. The Morgan fingerprint density at radius 3 is 2.33 bits per heavy atom. The molecule has 0 saturated carbocycles. The Morgan fingerprint density at radius 2 is 1.87 bits per heavy atom.